The standard InChI is InChI=1S/C63H104O6/c1-4-7-10-13-16-19-22-25-27-29-31-33-35-38-41-44-47-50-53-56-62(65)68-59-60(58-67-61(64)55-52-49-46-43-40-37-24-21-18-15-12-9-6-3)69-63(66)57-54-51-48-45-42-39-36-34-32-30-28-26-23-20-17-14-11-8-5-2/h7,9-10,12,15-21,23-27,31,33,60H,4-6,8,11,13-14,22,28-30,32,34-59H2,1-3H3/b10-7-,12-9-,18-15-,19-16-,20-17-,24-21-,26-23-,27-25-,33-31-. The quantitative estimate of drug-likeness (QED) is 0.0199. The molecular formula is C63H104O6. The number of allylic oxidation sites excluding steroid dienone is 18. The summed E-state index contributed by atoms with van der Waals surface area (Å²) >= 11 is 0. The SMILES string of the molecule is CC\C=C/C=C\C=C/CCCCCCCC(=O)OCC(COC(=O)CCCCCCCC/C=C\C/C=C\C/C=C\C/C=C\CC)OC(=O)CCCCCCCCCCCC/C=C\C=C/CCCCC. The van der Waals surface area contributed by atoms with E-state index in [0.717, 1.165) is 122 Å². The molecule has 0 spiro atoms. The molecule has 0 aliphatic rings. The molecule has 6 nitrogen and oxygen atoms in total. The Morgan fingerprint density at radius 2 is 0.638 bits per heavy atom. The van der Waals surface area contributed by atoms with E-state index in [2.05, 4.69) is 130 Å². The van der Waals surface area contributed by atoms with Crippen LogP contribution in [-0.4, -0.2) is 37.2 Å². The van der Waals surface area contributed by atoms with Gasteiger partial charge in [-0.25, -0.2) is 0 Å². The first-order valence-corrected chi connectivity index (χ1v) is 28.4. The van der Waals surface area contributed by atoms with E-state index in [1.54, 1.807) is 0 Å². The molecule has 392 valence electrons. The second-order valence-corrected chi connectivity index (χ2v) is 18.5. The zero-order chi connectivity index (χ0) is 50.0. The maximum absolute atomic E-state index is 12.9. The molecule has 0 rings (SSSR count). The van der Waals surface area contributed by atoms with Crippen molar-refractivity contribution in [3.8, 4) is 0 Å². The number of carbonyl (C=O) groups excluding carboxylic acids is 3. The highest BCUT2D eigenvalue weighted by Crippen LogP contribution is 2.15. The van der Waals surface area contributed by atoms with Gasteiger partial charge in [0.2, 0.25) is 0 Å². The highest BCUT2D eigenvalue weighted by Gasteiger charge is 2.19. The van der Waals surface area contributed by atoms with E-state index in [1.165, 1.54) is 89.9 Å². The molecule has 0 fully saturated rings. The molecule has 0 bridgehead atoms. The van der Waals surface area contributed by atoms with Crippen molar-refractivity contribution in [3.63, 3.8) is 0 Å². The third-order valence-electron chi connectivity index (χ3n) is 11.8. The minimum atomic E-state index is -0.797. The van der Waals surface area contributed by atoms with Crippen LogP contribution in [0.25, 0.3) is 0 Å². The Labute approximate surface area is 425 Å². The molecule has 0 aliphatic heterocycles. The Morgan fingerprint density at radius 3 is 1.06 bits per heavy atom. The van der Waals surface area contributed by atoms with Crippen LogP contribution in [0.5, 0.6) is 0 Å². The van der Waals surface area contributed by atoms with Crippen LogP contribution in [0.1, 0.15) is 252 Å². The van der Waals surface area contributed by atoms with E-state index in [4.69, 9.17) is 14.2 Å². The van der Waals surface area contributed by atoms with Gasteiger partial charge in [0.25, 0.3) is 0 Å². The Hall–Kier alpha value is -3.93. The van der Waals surface area contributed by atoms with E-state index in [9.17, 15) is 14.4 Å². The smallest absolute Gasteiger partial charge is 0.306 e. The number of hydrogen-bond donors (Lipinski definition) is 0. The zero-order valence-electron chi connectivity index (χ0n) is 44.8. The molecule has 6 heteroatoms. The number of carbonyl (C=O) groups is 3. The number of hydrogen-bond acceptors (Lipinski definition) is 6. The normalized spacial score (nSPS) is 12.9. The fourth-order valence-corrected chi connectivity index (χ4v) is 7.60. The molecule has 1 unspecified atom stereocenters. The minimum absolute atomic E-state index is 0.0952. The average molecular weight is 958 g/mol. The van der Waals surface area contributed by atoms with Gasteiger partial charge in [-0.1, -0.05) is 239 Å². The fraction of sp³-hybridized carbons (Fsp3) is 0.667. The Morgan fingerprint density at radius 1 is 0.319 bits per heavy atom. The maximum Gasteiger partial charge on any atom is 0.306 e. The summed E-state index contributed by atoms with van der Waals surface area (Å²) < 4.78 is 16.8. The van der Waals surface area contributed by atoms with E-state index in [0.29, 0.717) is 19.3 Å². The summed E-state index contributed by atoms with van der Waals surface area (Å²) in [4.78, 5) is 38.2. The lowest BCUT2D eigenvalue weighted by atomic mass is 10.1. The zero-order valence-corrected chi connectivity index (χ0v) is 44.8. The lowest BCUT2D eigenvalue weighted by molar-refractivity contribution is -0.167. The third kappa shape index (κ3) is 54.9. The van der Waals surface area contributed by atoms with Gasteiger partial charge in [-0.2, -0.15) is 0 Å². The Bertz CT molecular complexity index is 1420. The first-order chi connectivity index (χ1) is 34.0. The molecule has 0 saturated heterocycles. The molecule has 0 aromatic heterocycles. The van der Waals surface area contributed by atoms with Crippen LogP contribution in [0.15, 0.2) is 109 Å². The van der Waals surface area contributed by atoms with Crippen molar-refractivity contribution < 1.29 is 28.6 Å². The van der Waals surface area contributed by atoms with Gasteiger partial charge in [0.05, 0.1) is 0 Å². The van der Waals surface area contributed by atoms with Crippen molar-refractivity contribution in [2.24, 2.45) is 0 Å². The highest BCUT2D eigenvalue weighted by molar-refractivity contribution is 5.71. The summed E-state index contributed by atoms with van der Waals surface area (Å²) in [6.45, 7) is 6.34. The van der Waals surface area contributed by atoms with Crippen molar-refractivity contribution in [1.29, 1.82) is 0 Å². The molecule has 0 aromatic rings. The number of ether oxygens (including phenoxy) is 3. The molecular weight excluding hydrogens is 853 g/mol. The minimum Gasteiger partial charge on any atom is -0.462 e. The van der Waals surface area contributed by atoms with Crippen LogP contribution in [-0.2, 0) is 28.6 Å². The first kappa shape index (κ1) is 65.1. The van der Waals surface area contributed by atoms with Crippen LogP contribution in [0.3, 0.4) is 0 Å². The van der Waals surface area contributed by atoms with Crippen LogP contribution in [0.2, 0.25) is 0 Å². The van der Waals surface area contributed by atoms with Gasteiger partial charge in [-0.05, 0) is 103 Å². The van der Waals surface area contributed by atoms with Crippen molar-refractivity contribution in [2.75, 3.05) is 13.2 Å². The van der Waals surface area contributed by atoms with Gasteiger partial charge < -0.3 is 14.2 Å². The molecule has 0 radical (unpaired) electrons. The first-order valence-electron chi connectivity index (χ1n) is 28.4. The van der Waals surface area contributed by atoms with E-state index in [-0.39, 0.29) is 31.1 Å². The van der Waals surface area contributed by atoms with E-state index < -0.39 is 6.10 Å². The van der Waals surface area contributed by atoms with Gasteiger partial charge in [0.1, 0.15) is 13.2 Å². The van der Waals surface area contributed by atoms with Crippen molar-refractivity contribution in [1.82, 2.24) is 0 Å². The van der Waals surface area contributed by atoms with Crippen molar-refractivity contribution in [2.45, 2.75) is 258 Å². The van der Waals surface area contributed by atoms with Crippen LogP contribution < -0.4 is 0 Å². The predicted octanol–water partition coefficient (Wildman–Crippen LogP) is 19.1. The molecule has 0 aliphatic carbocycles. The summed E-state index contributed by atoms with van der Waals surface area (Å²) in [7, 11) is 0. The number of rotatable bonds is 50. The molecule has 0 heterocycles. The monoisotopic (exact) mass is 957 g/mol. The number of unbranched alkanes of at least 4 members (excludes halogenated alkanes) is 24. The molecule has 0 N–H and O–H groups in total. The second-order valence-electron chi connectivity index (χ2n) is 18.5. The average Bonchev–Trinajstić information content (AvgIpc) is 3.35. The lowest BCUT2D eigenvalue weighted by Crippen LogP contribution is -2.30. The van der Waals surface area contributed by atoms with Crippen LogP contribution in [0.4, 0.5) is 0 Å². The van der Waals surface area contributed by atoms with Gasteiger partial charge in [-0.3, -0.25) is 14.4 Å². The molecule has 0 amide bonds. The summed E-state index contributed by atoms with van der Waals surface area (Å²) in [6, 6.07) is 0. The molecule has 69 heavy (non-hydrogen) atoms. The lowest BCUT2D eigenvalue weighted by Gasteiger charge is -2.18. The summed E-state index contributed by atoms with van der Waals surface area (Å²) in [5, 5.41) is 0. The Kier molecular flexibility index (Phi) is 53.4. The topological polar surface area (TPSA) is 78.9 Å². The van der Waals surface area contributed by atoms with E-state index >= 15 is 0 Å². The second kappa shape index (κ2) is 56.7. The summed E-state index contributed by atoms with van der Waals surface area (Å²) in [6.07, 6.45) is 76.4. The van der Waals surface area contributed by atoms with Crippen molar-refractivity contribution >= 4 is 17.9 Å². The van der Waals surface area contributed by atoms with Gasteiger partial charge in [0, 0.05) is 19.3 Å². The van der Waals surface area contributed by atoms with Gasteiger partial charge >= 0.3 is 17.9 Å². The number of esters is 3. The molecule has 0 aromatic carbocycles. The maximum atomic E-state index is 12.9. The molecule has 1 atom stereocenters. The van der Waals surface area contributed by atoms with Gasteiger partial charge in [0.15, 0.2) is 6.10 Å². The van der Waals surface area contributed by atoms with E-state index in [1.807, 2.05) is 0 Å². The third-order valence-corrected chi connectivity index (χ3v) is 11.8. The Balaban J connectivity index is 4.42. The largest absolute Gasteiger partial charge is 0.462 e. The highest BCUT2D eigenvalue weighted by atomic mass is 16.6. The van der Waals surface area contributed by atoms with Gasteiger partial charge in [-0.15, -0.1) is 0 Å². The summed E-state index contributed by atoms with van der Waals surface area (Å²) in [5.41, 5.74) is 0. The summed E-state index contributed by atoms with van der Waals surface area (Å²) in [5.74, 6) is -0.932. The van der Waals surface area contributed by atoms with Crippen LogP contribution in [0, 0.1) is 0 Å². The fourth-order valence-electron chi connectivity index (χ4n) is 7.60. The predicted molar refractivity (Wildman–Crippen MR) is 297 cm³/mol. The van der Waals surface area contributed by atoms with Crippen molar-refractivity contribution in [3.05, 3.63) is 109 Å². The molecule has 0 saturated carbocycles. The van der Waals surface area contributed by atoms with Crippen LogP contribution >= 0.6 is 0 Å².